The van der Waals surface area contributed by atoms with Crippen molar-refractivity contribution in [2.45, 2.75) is 19.8 Å². The minimum Gasteiger partial charge on any atom is -0.449 e. The number of carbonyl (C=O) groups excluding carboxylic acids is 1. The first-order valence-corrected chi connectivity index (χ1v) is 8.51. The van der Waals surface area contributed by atoms with E-state index in [4.69, 9.17) is 9.26 Å². The SMILES string of the molecule is CCCCOC(=O)Nc1noc(-c2cccnc2)n1.CI. The zero-order chi connectivity index (χ0) is 15.5. The molecule has 0 saturated heterocycles. The van der Waals surface area contributed by atoms with Gasteiger partial charge in [0, 0.05) is 12.4 Å². The van der Waals surface area contributed by atoms with Gasteiger partial charge in [-0.25, -0.2) is 4.79 Å². The van der Waals surface area contributed by atoms with Crippen molar-refractivity contribution >= 4 is 34.6 Å². The van der Waals surface area contributed by atoms with Crippen LogP contribution in [0.5, 0.6) is 0 Å². The Morgan fingerprint density at radius 2 is 2.29 bits per heavy atom. The molecule has 0 spiro atoms. The number of hydrogen-bond donors (Lipinski definition) is 1. The van der Waals surface area contributed by atoms with Crippen LogP contribution in [-0.2, 0) is 4.74 Å². The normalized spacial score (nSPS) is 9.48. The molecule has 0 radical (unpaired) electrons. The lowest BCUT2D eigenvalue weighted by molar-refractivity contribution is 0.159. The Morgan fingerprint density at radius 3 is 2.95 bits per heavy atom. The van der Waals surface area contributed by atoms with Gasteiger partial charge in [-0.05, 0) is 28.6 Å². The molecule has 0 aromatic carbocycles. The third-order valence-electron chi connectivity index (χ3n) is 2.28. The first-order valence-electron chi connectivity index (χ1n) is 6.35. The largest absolute Gasteiger partial charge is 0.449 e. The van der Waals surface area contributed by atoms with Crippen molar-refractivity contribution in [3.8, 4) is 11.5 Å². The summed E-state index contributed by atoms with van der Waals surface area (Å²) in [5.74, 6) is 0.359. The van der Waals surface area contributed by atoms with Crippen molar-refractivity contribution in [3.05, 3.63) is 24.5 Å². The van der Waals surface area contributed by atoms with Crippen LogP contribution in [0, 0.1) is 0 Å². The number of ether oxygens (including phenoxy) is 1. The second kappa shape index (κ2) is 10.1. The standard InChI is InChI=1S/C12H14N4O3.CH3I/c1-2-3-7-18-12(17)15-11-14-10(19-16-11)9-5-4-6-13-8-9;1-2/h4-6,8H,2-3,7H2,1H3,(H,15,16,17);1H3. The van der Waals surface area contributed by atoms with Crippen molar-refractivity contribution in [1.82, 2.24) is 15.1 Å². The average Bonchev–Trinajstić information content (AvgIpc) is 2.99. The summed E-state index contributed by atoms with van der Waals surface area (Å²) in [5, 5.41) is 6.03. The van der Waals surface area contributed by atoms with Crippen molar-refractivity contribution in [2.75, 3.05) is 16.9 Å². The number of amides is 1. The van der Waals surface area contributed by atoms with Crippen molar-refractivity contribution in [3.63, 3.8) is 0 Å². The number of pyridine rings is 1. The van der Waals surface area contributed by atoms with Crippen LogP contribution in [-0.4, -0.2) is 32.8 Å². The van der Waals surface area contributed by atoms with Crippen LogP contribution in [0.25, 0.3) is 11.5 Å². The van der Waals surface area contributed by atoms with Crippen molar-refractivity contribution < 1.29 is 14.1 Å². The van der Waals surface area contributed by atoms with Crippen LogP contribution in [0.2, 0.25) is 0 Å². The van der Waals surface area contributed by atoms with Crippen LogP contribution < -0.4 is 5.32 Å². The predicted molar refractivity (Wildman–Crippen MR) is 87.4 cm³/mol. The molecule has 0 aliphatic rings. The van der Waals surface area contributed by atoms with Crippen LogP contribution in [0.1, 0.15) is 19.8 Å². The summed E-state index contributed by atoms with van der Waals surface area (Å²) in [6, 6.07) is 3.54. The van der Waals surface area contributed by atoms with E-state index in [0.717, 1.165) is 12.8 Å². The number of halogens is 1. The molecule has 21 heavy (non-hydrogen) atoms. The van der Waals surface area contributed by atoms with Crippen LogP contribution in [0.3, 0.4) is 0 Å². The Bertz CT molecular complexity index is 533. The van der Waals surface area contributed by atoms with Gasteiger partial charge in [0.1, 0.15) is 0 Å². The second-order valence-corrected chi connectivity index (χ2v) is 3.78. The molecule has 0 atom stereocenters. The number of anilines is 1. The van der Waals surface area contributed by atoms with E-state index in [1.54, 1.807) is 24.5 Å². The smallest absolute Gasteiger partial charge is 0.414 e. The second-order valence-electron chi connectivity index (χ2n) is 3.78. The lowest BCUT2D eigenvalue weighted by Crippen LogP contribution is -2.15. The van der Waals surface area contributed by atoms with Crippen molar-refractivity contribution in [1.29, 1.82) is 0 Å². The van der Waals surface area contributed by atoms with E-state index in [1.807, 2.05) is 11.9 Å². The number of nitrogens with one attached hydrogen (secondary N) is 1. The Balaban J connectivity index is 0.00000106. The van der Waals surface area contributed by atoms with Crippen molar-refractivity contribution in [2.24, 2.45) is 0 Å². The molecule has 2 heterocycles. The number of aromatic nitrogens is 3. The van der Waals surface area contributed by atoms with E-state index >= 15 is 0 Å². The highest BCUT2D eigenvalue weighted by molar-refractivity contribution is 14.1. The highest BCUT2D eigenvalue weighted by Gasteiger charge is 2.11. The van der Waals surface area contributed by atoms with Gasteiger partial charge in [0.05, 0.1) is 12.2 Å². The van der Waals surface area contributed by atoms with E-state index in [9.17, 15) is 4.79 Å². The summed E-state index contributed by atoms with van der Waals surface area (Å²) >= 11 is 2.15. The van der Waals surface area contributed by atoms with Gasteiger partial charge in [-0.3, -0.25) is 10.3 Å². The fourth-order valence-electron chi connectivity index (χ4n) is 1.32. The maximum Gasteiger partial charge on any atom is 0.414 e. The maximum absolute atomic E-state index is 11.4. The molecule has 0 aliphatic carbocycles. The Morgan fingerprint density at radius 1 is 1.48 bits per heavy atom. The monoisotopic (exact) mass is 404 g/mol. The fourth-order valence-corrected chi connectivity index (χ4v) is 1.32. The molecule has 2 aromatic rings. The van der Waals surface area contributed by atoms with Gasteiger partial charge in [0.25, 0.3) is 11.8 Å². The molecule has 114 valence electrons. The van der Waals surface area contributed by atoms with E-state index in [1.165, 1.54) is 0 Å². The first-order chi connectivity index (χ1) is 10.3. The molecule has 8 heteroatoms. The molecule has 0 fully saturated rings. The van der Waals surface area contributed by atoms with Gasteiger partial charge in [0.2, 0.25) is 0 Å². The van der Waals surface area contributed by atoms with Crippen LogP contribution >= 0.6 is 22.6 Å². The number of unbranched alkanes of at least 4 members (excludes halogenated alkanes) is 1. The molecule has 1 amide bonds. The van der Waals surface area contributed by atoms with Gasteiger partial charge in [-0.2, -0.15) is 4.98 Å². The van der Waals surface area contributed by atoms with E-state index in [0.29, 0.717) is 12.2 Å². The first kappa shape index (κ1) is 17.3. The number of rotatable bonds is 5. The topological polar surface area (TPSA) is 90.1 Å². The summed E-state index contributed by atoms with van der Waals surface area (Å²) in [5.41, 5.74) is 0.683. The molecule has 0 unspecified atom stereocenters. The minimum absolute atomic E-state index is 0.0698. The summed E-state index contributed by atoms with van der Waals surface area (Å²) in [6.45, 7) is 2.39. The highest BCUT2D eigenvalue weighted by Crippen LogP contribution is 2.16. The lowest BCUT2D eigenvalue weighted by atomic mass is 10.3. The quantitative estimate of drug-likeness (QED) is 0.466. The molecular formula is C13H17IN4O3. The average molecular weight is 404 g/mol. The Kier molecular flexibility index (Phi) is 8.32. The summed E-state index contributed by atoms with van der Waals surface area (Å²) in [7, 11) is 0. The Labute approximate surface area is 136 Å². The van der Waals surface area contributed by atoms with Gasteiger partial charge < -0.3 is 9.26 Å². The number of carbonyl (C=O) groups is 1. The zero-order valence-corrected chi connectivity index (χ0v) is 14.0. The number of nitrogens with zero attached hydrogens (tertiary/aromatic N) is 3. The predicted octanol–water partition coefficient (Wildman–Crippen LogP) is 3.53. The third kappa shape index (κ3) is 6.06. The fraction of sp³-hybridized carbons (Fsp3) is 0.385. The summed E-state index contributed by atoms with van der Waals surface area (Å²) < 4.78 is 9.92. The molecule has 0 saturated carbocycles. The maximum atomic E-state index is 11.4. The van der Waals surface area contributed by atoms with E-state index in [-0.39, 0.29) is 11.8 Å². The summed E-state index contributed by atoms with van der Waals surface area (Å²) in [4.78, 5) is 21.3. The van der Waals surface area contributed by atoms with E-state index in [2.05, 4.69) is 43.0 Å². The molecule has 1 N–H and O–H groups in total. The number of alkyl halides is 1. The minimum atomic E-state index is -0.591. The number of hydrogen-bond acceptors (Lipinski definition) is 6. The van der Waals surface area contributed by atoms with Gasteiger partial charge in [-0.15, -0.1) is 0 Å². The molecular weight excluding hydrogens is 387 g/mol. The van der Waals surface area contributed by atoms with Crippen LogP contribution in [0.4, 0.5) is 10.7 Å². The van der Waals surface area contributed by atoms with E-state index < -0.39 is 6.09 Å². The van der Waals surface area contributed by atoms with Gasteiger partial charge >= 0.3 is 6.09 Å². The molecule has 2 rings (SSSR count). The molecule has 7 nitrogen and oxygen atoms in total. The summed E-state index contributed by atoms with van der Waals surface area (Å²) in [6.07, 6.45) is 4.43. The molecule has 2 aromatic heterocycles. The highest BCUT2D eigenvalue weighted by atomic mass is 127. The zero-order valence-electron chi connectivity index (χ0n) is 11.9. The Hall–Kier alpha value is -1.71. The third-order valence-corrected chi connectivity index (χ3v) is 2.28. The van der Waals surface area contributed by atoms with Gasteiger partial charge in [0.15, 0.2) is 0 Å². The molecule has 0 aliphatic heterocycles. The van der Waals surface area contributed by atoms with Crippen LogP contribution in [0.15, 0.2) is 29.0 Å². The lowest BCUT2D eigenvalue weighted by Gasteiger charge is -2.01. The van der Waals surface area contributed by atoms with Gasteiger partial charge in [-0.1, -0.05) is 35.9 Å². The molecule has 0 bridgehead atoms.